The van der Waals surface area contributed by atoms with E-state index in [-0.39, 0.29) is 5.91 Å². The maximum Gasteiger partial charge on any atom is 0.227 e. The van der Waals surface area contributed by atoms with Crippen molar-refractivity contribution in [3.63, 3.8) is 0 Å². The molecule has 1 aliphatic heterocycles. The van der Waals surface area contributed by atoms with Crippen LogP contribution in [-0.4, -0.2) is 58.1 Å². The Bertz CT molecular complexity index is 1020. The van der Waals surface area contributed by atoms with Gasteiger partial charge in [-0.25, -0.2) is 4.98 Å². The zero-order valence-corrected chi connectivity index (χ0v) is 17.4. The number of nitrogens with one attached hydrogen (secondary N) is 1. The van der Waals surface area contributed by atoms with Crippen LogP contribution in [0.1, 0.15) is 18.2 Å². The van der Waals surface area contributed by atoms with Crippen molar-refractivity contribution in [2.24, 2.45) is 7.05 Å². The zero-order chi connectivity index (χ0) is 20.4. The molecule has 1 N–H and O–H groups in total. The van der Waals surface area contributed by atoms with E-state index in [1.807, 2.05) is 44.0 Å². The van der Waals surface area contributed by atoms with Gasteiger partial charge in [-0.15, -0.1) is 0 Å². The molecule has 2 aromatic heterocycles. The topological polar surface area (TPSA) is 66.3 Å². The molecule has 7 heteroatoms. The second kappa shape index (κ2) is 8.11. The lowest BCUT2D eigenvalue weighted by molar-refractivity contribution is -0.130. The van der Waals surface area contributed by atoms with Crippen molar-refractivity contribution < 1.29 is 4.79 Å². The molecule has 3 aromatic rings. The number of benzene rings is 1. The molecule has 0 saturated carbocycles. The Kier molecular flexibility index (Phi) is 5.38. The highest BCUT2D eigenvalue weighted by atomic mass is 16.2. The maximum atomic E-state index is 12.9. The summed E-state index contributed by atoms with van der Waals surface area (Å²) < 4.78 is 2.09. The third-order valence-electron chi connectivity index (χ3n) is 5.45. The van der Waals surface area contributed by atoms with E-state index in [9.17, 15) is 4.79 Å². The van der Waals surface area contributed by atoms with Gasteiger partial charge in [-0.05, 0) is 25.5 Å². The number of fused-ring (bicyclic) bond motifs is 1. The lowest BCUT2D eigenvalue weighted by Crippen LogP contribution is -2.49. The first-order valence-electron chi connectivity index (χ1n) is 10.2. The molecule has 0 spiro atoms. The van der Waals surface area contributed by atoms with Gasteiger partial charge in [0, 0.05) is 68.6 Å². The highest BCUT2D eigenvalue weighted by molar-refractivity contribution is 5.89. The van der Waals surface area contributed by atoms with Crippen molar-refractivity contribution in [3.8, 4) is 0 Å². The van der Waals surface area contributed by atoms with Crippen LogP contribution in [0, 0.1) is 6.92 Å². The molecule has 1 amide bonds. The molecular formula is C22H28N6O. The van der Waals surface area contributed by atoms with Gasteiger partial charge in [-0.2, -0.15) is 4.98 Å². The minimum atomic E-state index is 0.188. The van der Waals surface area contributed by atoms with Crippen LogP contribution < -0.4 is 10.2 Å². The lowest BCUT2D eigenvalue weighted by Gasteiger charge is -2.35. The second-order valence-electron chi connectivity index (χ2n) is 7.55. The van der Waals surface area contributed by atoms with E-state index in [1.54, 1.807) is 0 Å². The van der Waals surface area contributed by atoms with Crippen molar-refractivity contribution >= 4 is 28.6 Å². The van der Waals surface area contributed by atoms with Crippen LogP contribution in [0.15, 0.2) is 36.5 Å². The molecule has 0 radical (unpaired) electrons. The van der Waals surface area contributed by atoms with Crippen LogP contribution >= 0.6 is 0 Å². The molecule has 0 atom stereocenters. The molecule has 1 saturated heterocycles. The molecule has 0 bridgehead atoms. The number of para-hydroxylation sites is 1. The van der Waals surface area contributed by atoms with Gasteiger partial charge in [0.2, 0.25) is 11.9 Å². The fourth-order valence-electron chi connectivity index (χ4n) is 3.98. The van der Waals surface area contributed by atoms with Crippen LogP contribution in [0.3, 0.4) is 0 Å². The predicted molar refractivity (Wildman–Crippen MR) is 116 cm³/mol. The largest absolute Gasteiger partial charge is 0.354 e. The summed E-state index contributed by atoms with van der Waals surface area (Å²) in [5.74, 6) is 1.78. The summed E-state index contributed by atoms with van der Waals surface area (Å²) >= 11 is 0. The number of carbonyl (C=O) groups excluding carboxylic acids is 1. The molecule has 152 valence electrons. The van der Waals surface area contributed by atoms with Crippen molar-refractivity contribution in [2.75, 3.05) is 42.9 Å². The highest BCUT2D eigenvalue weighted by Gasteiger charge is 2.23. The summed E-state index contributed by atoms with van der Waals surface area (Å²) in [6.45, 7) is 7.79. The SMILES string of the molecule is CCNc1nc(C)cc(N2CCN(C(=O)Cc3cn(C)c4ccccc34)CC2)n1. The van der Waals surface area contributed by atoms with Gasteiger partial charge in [0.1, 0.15) is 5.82 Å². The van der Waals surface area contributed by atoms with Gasteiger partial charge in [0.15, 0.2) is 0 Å². The van der Waals surface area contributed by atoms with Crippen LogP contribution in [0.5, 0.6) is 0 Å². The third kappa shape index (κ3) is 4.04. The lowest BCUT2D eigenvalue weighted by atomic mass is 10.1. The number of hydrogen-bond donors (Lipinski definition) is 1. The zero-order valence-electron chi connectivity index (χ0n) is 17.4. The fourth-order valence-corrected chi connectivity index (χ4v) is 3.98. The number of anilines is 2. The first-order chi connectivity index (χ1) is 14.0. The first kappa shape index (κ1) is 19.2. The van der Waals surface area contributed by atoms with Crippen molar-refractivity contribution in [1.29, 1.82) is 0 Å². The fraction of sp³-hybridized carbons (Fsp3) is 0.409. The molecule has 1 aliphatic rings. The van der Waals surface area contributed by atoms with E-state index in [0.29, 0.717) is 25.5 Å². The van der Waals surface area contributed by atoms with Crippen LogP contribution in [-0.2, 0) is 18.3 Å². The summed E-state index contributed by atoms with van der Waals surface area (Å²) in [5, 5.41) is 4.34. The van der Waals surface area contributed by atoms with E-state index in [4.69, 9.17) is 0 Å². The van der Waals surface area contributed by atoms with E-state index >= 15 is 0 Å². The average Bonchev–Trinajstić information content (AvgIpc) is 3.04. The Morgan fingerprint density at radius 2 is 1.90 bits per heavy atom. The van der Waals surface area contributed by atoms with Crippen LogP contribution in [0.4, 0.5) is 11.8 Å². The smallest absolute Gasteiger partial charge is 0.227 e. The van der Waals surface area contributed by atoms with Crippen LogP contribution in [0.2, 0.25) is 0 Å². The molecule has 4 rings (SSSR count). The standard InChI is InChI=1S/C22H28N6O/c1-4-23-22-24-16(2)13-20(25-22)27-9-11-28(12-10-27)21(29)14-17-15-26(3)19-8-6-5-7-18(17)19/h5-8,13,15H,4,9-12,14H2,1-3H3,(H,23,24,25). The molecular weight excluding hydrogens is 364 g/mol. The van der Waals surface area contributed by atoms with Gasteiger partial charge < -0.3 is 19.7 Å². The quantitative estimate of drug-likeness (QED) is 0.723. The van der Waals surface area contributed by atoms with Gasteiger partial charge in [0.05, 0.1) is 6.42 Å². The van der Waals surface area contributed by atoms with E-state index in [0.717, 1.165) is 47.6 Å². The molecule has 1 aromatic carbocycles. The number of aromatic nitrogens is 3. The van der Waals surface area contributed by atoms with Gasteiger partial charge in [-0.1, -0.05) is 18.2 Å². The second-order valence-corrected chi connectivity index (χ2v) is 7.55. The molecule has 1 fully saturated rings. The van der Waals surface area contributed by atoms with E-state index in [1.165, 1.54) is 0 Å². The van der Waals surface area contributed by atoms with Gasteiger partial charge in [0.25, 0.3) is 0 Å². The van der Waals surface area contributed by atoms with Gasteiger partial charge in [-0.3, -0.25) is 4.79 Å². The van der Waals surface area contributed by atoms with E-state index < -0.39 is 0 Å². The van der Waals surface area contributed by atoms with Crippen LogP contribution in [0.25, 0.3) is 10.9 Å². The summed E-state index contributed by atoms with van der Waals surface area (Å²) in [7, 11) is 2.03. The monoisotopic (exact) mass is 392 g/mol. The minimum Gasteiger partial charge on any atom is -0.354 e. The first-order valence-corrected chi connectivity index (χ1v) is 10.2. The third-order valence-corrected chi connectivity index (χ3v) is 5.45. The molecule has 3 heterocycles. The number of amides is 1. The van der Waals surface area contributed by atoms with Gasteiger partial charge >= 0.3 is 0 Å². The summed E-state index contributed by atoms with van der Waals surface area (Å²) in [5.41, 5.74) is 3.20. The molecule has 0 unspecified atom stereocenters. The van der Waals surface area contributed by atoms with Crippen molar-refractivity contribution in [3.05, 3.63) is 47.8 Å². The number of nitrogens with zero attached hydrogens (tertiary/aromatic N) is 5. The summed E-state index contributed by atoms with van der Waals surface area (Å²) in [6.07, 6.45) is 2.52. The maximum absolute atomic E-state index is 12.9. The number of aryl methyl sites for hydroxylation is 2. The van der Waals surface area contributed by atoms with Crippen molar-refractivity contribution in [2.45, 2.75) is 20.3 Å². The molecule has 29 heavy (non-hydrogen) atoms. The Hall–Kier alpha value is -3.09. The number of hydrogen-bond acceptors (Lipinski definition) is 5. The Morgan fingerprint density at radius 1 is 1.14 bits per heavy atom. The van der Waals surface area contributed by atoms with Crippen molar-refractivity contribution in [1.82, 2.24) is 19.4 Å². The normalized spacial score (nSPS) is 14.4. The summed E-state index contributed by atoms with van der Waals surface area (Å²) in [6, 6.07) is 10.3. The molecule has 0 aliphatic carbocycles. The van der Waals surface area contributed by atoms with E-state index in [2.05, 4.69) is 43.1 Å². The predicted octanol–water partition coefficient (Wildman–Crippen LogP) is 2.60. The number of carbonyl (C=O) groups is 1. The Balaban J connectivity index is 1.41. The Morgan fingerprint density at radius 3 is 2.66 bits per heavy atom. The highest BCUT2D eigenvalue weighted by Crippen LogP contribution is 2.22. The minimum absolute atomic E-state index is 0.188. The Labute approximate surface area is 171 Å². The average molecular weight is 393 g/mol. The number of piperazine rings is 1. The number of rotatable bonds is 5. The summed E-state index contributed by atoms with van der Waals surface area (Å²) in [4.78, 5) is 26.2. The molecule has 7 nitrogen and oxygen atoms in total.